The van der Waals surface area contributed by atoms with Gasteiger partial charge < -0.3 is 50.0 Å². The first-order chi connectivity index (χ1) is 16.5. The van der Waals surface area contributed by atoms with Crippen molar-refractivity contribution in [3.63, 3.8) is 0 Å². The minimum atomic E-state index is -1.91. The van der Waals surface area contributed by atoms with Crippen molar-refractivity contribution >= 4 is 23.8 Å². The summed E-state index contributed by atoms with van der Waals surface area (Å²) >= 11 is 0. The summed E-state index contributed by atoms with van der Waals surface area (Å²) in [5, 5.41) is 44.3. The number of carbonyl (C=O) groups is 4. The maximum atomic E-state index is 12.8. The van der Waals surface area contributed by atoms with E-state index in [1.165, 1.54) is 32.2 Å². The van der Waals surface area contributed by atoms with Crippen LogP contribution in [0.25, 0.3) is 0 Å². The van der Waals surface area contributed by atoms with Crippen LogP contribution in [0.15, 0.2) is 18.2 Å². The molecule has 0 radical (unpaired) electrons. The predicted molar refractivity (Wildman–Crippen MR) is 114 cm³/mol. The Bertz CT molecular complexity index is 924. The number of nitrogens with one attached hydrogen (secondary N) is 2. The normalized spacial score (nSPS) is 23.7. The fourth-order valence-electron chi connectivity index (χ4n) is 3.06. The van der Waals surface area contributed by atoms with Gasteiger partial charge in [0.05, 0.1) is 5.56 Å². The Morgan fingerprint density at radius 3 is 2.34 bits per heavy atom. The van der Waals surface area contributed by atoms with E-state index in [4.69, 9.17) is 14.2 Å². The lowest BCUT2D eigenvalue weighted by molar-refractivity contribution is -0.271. The highest BCUT2D eigenvalue weighted by atomic mass is 16.7. The second-order valence-electron chi connectivity index (χ2n) is 7.50. The third kappa shape index (κ3) is 7.87. The monoisotopic (exact) mass is 500 g/mol. The molecule has 1 saturated heterocycles. The van der Waals surface area contributed by atoms with Crippen LogP contribution in [-0.2, 0) is 35.2 Å². The molecule has 1 aliphatic rings. The molecule has 194 valence electrons. The van der Waals surface area contributed by atoms with Gasteiger partial charge >= 0.3 is 11.9 Å². The lowest BCUT2D eigenvalue weighted by atomic mass is 9.99. The highest BCUT2D eigenvalue weighted by Gasteiger charge is 2.48. The lowest BCUT2D eigenvalue weighted by Gasteiger charge is -2.38. The fourth-order valence-corrected chi connectivity index (χ4v) is 3.06. The summed E-state index contributed by atoms with van der Waals surface area (Å²) in [5.74, 6) is -3.36. The summed E-state index contributed by atoms with van der Waals surface area (Å²) in [7, 11) is 1.36. The number of amides is 2. The van der Waals surface area contributed by atoms with Gasteiger partial charge in [0.1, 0.15) is 37.3 Å². The van der Waals surface area contributed by atoms with E-state index in [9.17, 15) is 39.6 Å². The topological polar surface area (TPSA) is 210 Å². The number of hydrogen-bond donors (Lipinski definition) is 6. The molecular formula is C21H28N2O12. The number of rotatable bonds is 11. The summed E-state index contributed by atoms with van der Waals surface area (Å²) in [5.41, 5.74) is 0.316. The van der Waals surface area contributed by atoms with Crippen LogP contribution in [0.2, 0.25) is 0 Å². The first kappa shape index (κ1) is 27.9. The summed E-state index contributed by atoms with van der Waals surface area (Å²) in [6, 6.07) is 4.10. The molecule has 1 heterocycles. The van der Waals surface area contributed by atoms with Crippen LogP contribution in [0.4, 0.5) is 0 Å². The summed E-state index contributed by atoms with van der Waals surface area (Å²) < 4.78 is 20.2. The fraction of sp³-hybridized carbons (Fsp3) is 0.524. The number of aliphatic hydroxyl groups excluding tert-OH is 3. The van der Waals surface area contributed by atoms with Gasteiger partial charge in [0.2, 0.25) is 12.2 Å². The first-order valence-corrected chi connectivity index (χ1v) is 10.4. The van der Waals surface area contributed by atoms with Gasteiger partial charge in [-0.2, -0.15) is 0 Å². The van der Waals surface area contributed by atoms with Crippen LogP contribution in [0.3, 0.4) is 0 Å². The van der Waals surface area contributed by atoms with E-state index in [-0.39, 0.29) is 43.5 Å². The number of aliphatic carboxylic acids is 1. The molecular weight excluding hydrogens is 472 g/mol. The van der Waals surface area contributed by atoms with Crippen LogP contribution in [0, 0.1) is 0 Å². The van der Waals surface area contributed by atoms with Crippen LogP contribution < -0.4 is 15.4 Å². The number of carboxylic acid groups (broad SMARTS) is 1. The van der Waals surface area contributed by atoms with Crippen molar-refractivity contribution in [2.24, 2.45) is 0 Å². The van der Waals surface area contributed by atoms with E-state index in [0.717, 1.165) is 0 Å². The number of carbonyl (C=O) groups excluding carboxylic acids is 3. The largest absolute Gasteiger partial charge is 0.479 e. The Labute approximate surface area is 199 Å². The standard InChI is InChI=1S/C21H28N2O12/c1-10(24)33-8-11-3-4-13(12(7-11)19(29)23-6-5-22-14(25)9-32-2)34-21-17(28)15(26)16(27)18(35-21)20(30)31/h3-4,7,15-18,21,26-28H,5-6,8-9H2,1-2H3,(H,22,25)(H,23,29)(H,30,31)/t15-,16-,17+,18-,21+/m0/s1. The second-order valence-corrected chi connectivity index (χ2v) is 7.50. The Kier molecular flexibility index (Phi) is 10.4. The van der Waals surface area contributed by atoms with Crippen LogP contribution >= 0.6 is 0 Å². The molecule has 0 spiro atoms. The second kappa shape index (κ2) is 13.0. The van der Waals surface area contributed by atoms with Crippen molar-refractivity contribution in [2.75, 3.05) is 26.8 Å². The third-order valence-electron chi connectivity index (χ3n) is 4.79. The Hall–Kier alpha value is -3.30. The molecule has 2 amide bonds. The molecule has 1 fully saturated rings. The van der Waals surface area contributed by atoms with Crippen LogP contribution in [0.5, 0.6) is 5.75 Å². The number of esters is 1. The van der Waals surface area contributed by atoms with Gasteiger partial charge in [-0.15, -0.1) is 0 Å². The number of aliphatic hydroxyl groups is 3. The maximum absolute atomic E-state index is 12.8. The number of ether oxygens (including phenoxy) is 4. The molecule has 0 bridgehead atoms. The molecule has 1 aromatic rings. The molecule has 6 N–H and O–H groups in total. The zero-order valence-corrected chi connectivity index (χ0v) is 19.0. The SMILES string of the molecule is COCC(=O)NCCNC(=O)c1cc(COC(C)=O)ccc1O[C@@H]1O[C@H](C(=O)O)[C@@H](O)[C@H](O)[C@H]1O. The third-order valence-corrected chi connectivity index (χ3v) is 4.79. The predicted octanol–water partition coefficient (Wildman–Crippen LogP) is -2.49. The Morgan fingerprint density at radius 1 is 1.03 bits per heavy atom. The van der Waals surface area contributed by atoms with Gasteiger partial charge in [-0.05, 0) is 17.7 Å². The molecule has 14 nitrogen and oxygen atoms in total. The Morgan fingerprint density at radius 2 is 1.71 bits per heavy atom. The molecule has 0 saturated carbocycles. The molecule has 1 aromatic carbocycles. The average molecular weight is 500 g/mol. The Balaban J connectivity index is 2.20. The van der Waals surface area contributed by atoms with E-state index in [1.807, 2.05) is 0 Å². The van der Waals surface area contributed by atoms with Gasteiger partial charge in [0, 0.05) is 27.1 Å². The maximum Gasteiger partial charge on any atom is 0.335 e. The molecule has 35 heavy (non-hydrogen) atoms. The quantitative estimate of drug-likeness (QED) is 0.138. The number of hydrogen-bond acceptors (Lipinski definition) is 11. The first-order valence-electron chi connectivity index (χ1n) is 10.4. The van der Waals surface area contributed by atoms with Crippen molar-refractivity contribution in [3.8, 4) is 5.75 Å². The van der Waals surface area contributed by atoms with E-state index >= 15 is 0 Å². The minimum absolute atomic E-state index is 0.0243. The number of carboxylic acids is 1. The van der Waals surface area contributed by atoms with Crippen molar-refractivity contribution in [1.82, 2.24) is 10.6 Å². The van der Waals surface area contributed by atoms with Crippen LogP contribution in [0.1, 0.15) is 22.8 Å². The highest BCUT2D eigenvalue weighted by Crippen LogP contribution is 2.28. The van der Waals surface area contributed by atoms with Crippen molar-refractivity contribution in [1.29, 1.82) is 0 Å². The molecule has 5 atom stereocenters. The smallest absolute Gasteiger partial charge is 0.335 e. The van der Waals surface area contributed by atoms with E-state index in [2.05, 4.69) is 15.4 Å². The van der Waals surface area contributed by atoms with Gasteiger partial charge in [0.25, 0.3) is 5.91 Å². The molecule has 1 aliphatic heterocycles. The van der Waals surface area contributed by atoms with Crippen molar-refractivity contribution in [3.05, 3.63) is 29.3 Å². The van der Waals surface area contributed by atoms with Gasteiger partial charge in [-0.1, -0.05) is 6.07 Å². The van der Waals surface area contributed by atoms with E-state index < -0.39 is 48.6 Å². The van der Waals surface area contributed by atoms with Crippen molar-refractivity contribution in [2.45, 2.75) is 44.2 Å². The summed E-state index contributed by atoms with van der Waals surface area (Å²) in [6.07, 6.45) is -9.29. The zero-order valence-electron chi connectivity index (χ0n) is 19.0. The summed E-state index contributed by atoms with van der Waals surface area (Å²) in [6.45, 7) is 1.02. The van der Waals surface area contributed by atoms with E-state index in [0.29, 0.717) is 5.56 Å². The van der Waals surface area contributed by atoms with Gasteiger partial charge in [-0.3, -0.25) is 14.4 Å². The molecule has 0 aromatic heterocycles. The number of benzene rings is 1. The van der Waals surface area contributed by atoms with E-state index in [1.54, 1.807) is 0 Å². The minimum Gasteiger partial charge on any atom is -0.479 e. The molecule has 0 unspecified atom stereocenters. The highest BCUT2D eigenvalue weighted by molar-refractivity contribution is 5.97. The average Bonchev–Trinajstić information content (AvgIpc) is 2.81. The summed E-state index contributed by atoms with van der Waals surface area (Å²) in [4.78, 5) is 46.7. The lowest BCUT2D eigenvalue weighted by Crippen LogP contribution is -2.61. The molecule has 14 heteroatoms. The number of methoxy groups -OCH3 is 1. The zero-order chi connectivity index (χ0) is 26.1. The van der Waals surface area contributed by atoms with Crippen LogP contribution in [-0.4, -0.2) is 102 Å². The van der Waals surface area contributed by atoms with Gasteiger partial charge in [-0.25, -0.2) is 4.79 Å². The molecule has 2 rings (SSSR count). The van der Waals surface area contributed by atoms with Crippen molar-refractivity contribution < 1.29 is 58.6 Å². The van der Waals surface area contributed by atoms with Gasteiger partial charge in [0.15, 0.2) is 6.10 Å². The molecule has 0 aliphatic carbocycles.